The van der Waals surface area contributed by atoms with Gasteiger partial charge in [0.15, 0.2) is 0 Å². The van der Waals surface area contributed by atoms with Crippen LogP contribution in [0.1, 0.15) is 17.2 Å². The first-order valence-electron chi connectivity index (χ1n) is 5.17. The molecule has 0 radical (unpaired) electrons. The summed E-state index contributed by atoms with van der Waals surface area (Å²) in [6.45, 7) is 0. The van der Waals surface area contributed by atoms with Crippen molar-refractivity contribution in [2.24, 2.45) is 0 Å². The number of aliphatic hydroxyl groups excluding tert-OH is 1. The third-order valence-electron chi connectivity index (χ3n) is 2.60. The first kappa shape index (κ1) is 13.5. The van der Waals surface area contributed by atoms with Gasteiger partial charge in [0.05, 0.1) is 0 Å². The van der Waals surface area contributed by atoms with Gasteiger partial charge in [-0.2, -0.15) is 0 Å². The Labute approximate surface area is 120 Å². The van der Waals surface area contributed by atoms with Gasteiger partial charge in [-0.1, -0.05) is 34.8 Å². The van der Waals surface area contributed by atoms with Crippen LogP contribution in [0.4, 0.5) is 5.69 Å². The predicted molar refractivity (Wildman–Crippen MR) is 76.4 cm³/mol. The number of halogens is 3. The molecule has 94 valence electrons. The lowest BCUT2D eigenvalue weighted by Gasteiger charge is -2.16. The van der Waals surface area contributed by atoms with Crippen LogP contribution < -0.4 is 5.73 Å². The van der Waals surface area contributed by atoms with E-state index < -0.39 is 6.10 Å². The molecule has 2 aromatic carbocycles. The molecule has 0 saturated heterocycles. The molecule has 0 saturated carbocycles. The summed E-state index contributed by atoms with van der Waals surface area (Å²) in [7, 11) is 0. The van der Waals surface area contributed by atoms with E-state index in [4.69, 9.17) is 40.5 Å². The fourth-order valence-corrected chi connectivity index (χ4v) is 2.26. The molecule has 0 unspecified atom stereocenters. The fourth-order valence-electron chi connectivity index (χ4n) is 1.67. The molecule has 0 aliphatic carbocycles. The molecule has 2 aromatic rings. The minimum absolute atomic E-state index is 0.422. The average Bonchev–Trinajstić information content (AvgIpc) is 2.34. The largest absolute Gasteiger partial charge is 0.398 e. The van der Waals surface area contributed by atoms with Gasteiger partial charge < -0.3 is 10.8 Å². The van der Waals surface area contributed by atoms with E-state index in [1.807, 2.05) is 0 Å². The Morgan fingerprint density at radius 1 is 0.889 bits per heavy atom. The van der Waals surface area contributed by atoms with Gasteiger partial charge in [-0.3, -0.25) is 0 Å². The van der Waals surface area contributed by atoms with E-state index in [0.717, 1.165) is 0 Å². The minimum Gasteiger partial charge on any atom is -0.398 e. The number of hydrogen-bond acceptors (Lipinski definition) is 2. The van der Waals surface area contributed by atoms with Gasteiger partial charge in [0.2, 0.25) is 0 Å². The molecule has 2 rings (SSSR count). The highest BCUT2D eigenvalue weighted by molar-refractivity contribution is 6.33. The van der Waals surface area contributed by atoms with Gasteiger partial charge in [-0.25, -0.2) is 0 Å². The van der Waals surface area contributed by atoms with Crippen molar-refractivity contribution in [1.82, 2.24) is 0 Å². The molecule has 0 bridgehead atoms. The number of aliphatic hydroxyl groups is 1. The highest BCUT2D eigenvalue weighted by atomic mass is 35.5. The molecule has 0 aliphatic heterocycles. The second-order valence-corrected chi connectivity index (χ2v) is 5.12. The lowest BCUT2D eigenvalue weighted by atomic mass is 10.00. The van der Waals surface area contributed by atoms with Crippen LogP contribution in [0.25, 0.3) is 0 Å². The van der Waals surface area contributed by atoms with E-state index in [0.29, 0.717) is 31.9 Å². The molecule has 3 N–H and O–H groups in total. The Morgan fingerprint density at radius 2 is 1.44 bits per heavy atom. The molecule has 18 heavy (non-hydrogen) atoms. The van der Waals surface area contributed by atoms with Gasteiger partial charge in [0, 0.05) is 31.9 Å². The summed E-state index contributed by atoms with van der Waals surface area (Å²) in [4.78, 5) is 0. The Morgan fingerprint density at radius 3 is 2.11 bits per heavy atom. The molecule has 0 heterocycles. The van der Waals surface area contributed by atoms with Crippen LogP contribution in [-0.4, -0.2) is 5.11 Å². The highest BCUT2D eigenvalue weighted by Gasteiger charge is 2.17. The van der Waals surface area contributed by atoms with Crippen molar-refractivity contribution in [2.45, 2.75) is 6.10 Å². The van der Waals surface area contributed by atoms with Gasteiger partial charge in [0.25, 0.3) is 0 Å². The zero-order chi connectivity index (χ0) is 13.3. The van der Waals surface area contributed by atoms with Crippen molar-refractivity contribution in [3.8, 4) is 0 Å². The molecule has 0 spiro atoms. The average molecular weight is 303 g/mol. The minimum atomic E-state index is -0.963. The summed E-state index contributed by atoms with van der Waals surface area (Å²) in [6.07, 6.45) is -0.963. The van der Waals surface area contributed by atoms with E-state index in [1.54, 1.807) is 36.4 Å². The summed E-state index contributed by atoms with van der Waals surface area (Å²) < 4.78 is 0. The number of nitrogen functional groups attached to an aromatic ring is 1. The van der Waals surface area contributed by atoms with Crippen molar-refractivity contribution in [1.29, 1.82) is 0 Å². The Hall–Kier alpha value is -0.930. The molecule has 0 fully saturated rings. The number of benzene rings is 2. The Kier molecular flexibility index (Phi) is 4.03. The second kappa shape index (κ2) is 5.37. The SMILES string of the molecule is Nc1ccc(Cl)cc1[C@@H](O)c1cc(Cl)ccc1Cl. The molecular formula is C13H10Cl3NO. The first-order valence-corrected chi connectivity index (χ1v) is 6.30. The zero-order valence-corrected chi connectivity index (χ0v) is 11.5. The molecule has 0 aliphatic rings. The van der Waals surface area contributed by atoms with Crippen molar-refractivity contribution < 1.29 is 5.11 Å². The second-order valence-electron chi connectivity index (χ2n) is 3.84. The molecule has 2 nitrogen and oxygen atoms in total. The quantitative estimate of drug-likeness (QED) is 0.812. The standard InChI is InChI=1S/C13H10Cl3NO/c14-7-1-3-11(16)9(5-7)13(18)10-6-8(15)2-4-12(10)17/h1-6,13,18H,17H2/t13-/m0/s1. The summed E-state index contributed by atoms with van der Waals surface area (Å²) in [6, 6.07) is 9.80. The van der Waals surface area contributed by atoms with Gasteiger partial charge >= 0.3 is 0 Å². The summed E-state index contributed by atoms with van der Waals surface area (Å²) >= 11 is 17.8. The van der Waals surface area contributed by atoms with Crippen LogP contribution in [0.15, 0.2) is 36.4 Å². The Balaban J connectivity index is 2.50. The zero-order valence-electron chi connectivity index (χ0n) is 9.20. The highest BCUT2D eigenvalue weighted by Crippen LogP contribution is 2.34. The van der Waals surface area contributed by atoms with Crippen LogP contribution in [0.5, 0.6) is 0 Å². The third-order valence-corrected chi connectivity index (χ3v) is 3.41. The van der Waals surface area contributed by atoms with E-state index in [9.17, 15) is 5.11 Å². The predicted octanol–water partition coefficient (Wildman–Crippen LogP) is 4.31. The molecular weight excluding hydrogens is 293 g/mol. The van der Waals surface area contributed by atoms with Gasteiger partial charge in [-0.05, 0) is 36.4 Å². The number of nitrogens with two attached hydrogens (primary N) is 1. The van der Waals surface area contributed by atoms with Crippen molar-refractivity contribution >= 4 is 40.5 Å². The topological polar surface area (TPSA) is 46.2 Å². The van der Waals surface area contributed by atoms with E-state index >= 15 is 0 Å². The third kappa shape index (κ3) is 2.73. The summed E-state index contributed by atoms with van der Waals surface area (Å²) in [5.41, 5.74) is 7.27. The monoisotopic (exact) mass is 301 g/mol. The van der Waals surface area contributed by atoms with Crippen molar-refractivity contribution in [3.05, 3.63) is 62.6 Å². The lowest BCUT2D eigenvalue weighted by molar-refractivity contribution is 0.221. The smallest absolute Gasteiger partial charge is 0.108 e. The fraction of sp³-hybridized carbons (Fsp3) is 0.0769. The maximum atomic E-state index is 10.3. The normalized spacial score (nSPS) is 12.4. The van der Waals surface area contributed by atoms with E-state index in [1.165, 1.54) is 0 Å². The molecule has 0 aromatic heterocycles. The van der Waals surface area contributed by atoms with Crippen LogP contribution in [0, 0.1) is 0 Å². The van der Waals surface area contributed by atoms with Crippen molar-refractivity contribution in [2.75, 3.05) is 5.73 Å². The van der Waals surface area contributed by atoms with Gasteiger partial charge in [-0.15, -0.1) is 0 Å². The maximum absolute atomic E-state index is 10.3. The van der Waals surface area contributed by atoms with Crippen LogP contribution in [0.2, 0.25) is 15.1 Å². The first-order chi connectivity index (χ1) is 8.49. The van der Waals surface area contributed by atoms with E-state index in [2.05, 4.69) is 0 Å². The lowest BCUT2D eigenvalue weighted by Crippen LogP contribution is -2.04. The summed E-state index contributed by atoms with van der Waals surface area (Å²) in [5, 5.41) is 11.7. The van der Waals surface area contributed by atoms with Crippen LogP contribution in [-0.2, 0) is 0 Å². The molecule has 5 heteroatoms. The van der Waals surface area contributed by atoms with Gasteiger partial charge in [0.1, 0.15) is 6.10 Å². The van der Waals surface area contributed by atoms with E-state index in [-0.39, 0.29) is 0 Å². The number of hydrogen-bond donors (Lipinski definition) is 2. The maximum Gasteiger partial charge on any atom is 0.108 e. The summed E-state index contributed by atoms with van der Waals surface area (Å²) in [5.74, 6) is 0. The molecule has 1 atom stereocenters. The van der Waals surface area contributed by atoms with Crippen molar-refractivity contribution in [3.63, 3.8) is 0 Å². The van der Waals surface area contributed by atoms with Crippen LogP contribution >= 0.6 is 34.8 Å². The number of rotatable bonds is 2. The number of anilines is 1. The van der Waals surface area contributed by atoms with Crippen LogP contribution in [0.3, 0.4) is 0 Å². The molecule has 0 amide bonds. The Bertz CT molecular complexity index is 535.